The van der Waals surface area contributed by atoms with Gasteiger partial charge >= 0.3 is 23.9 Å². The van der Waals surface area contributed by atoms with Gasteiger partial charge in [-0.3, -0.25) is 19.2 Å². The Balaban J connectivity index is 4.61. The summed E-state index contributed by atoms with van der Waals surface area (Å²) in [7, 11) is 1.94. The smallest absolute Gasteiger partial charge is 0.308 e. The summed E-state index contributed by atoms with van der Waals surface area (Å²) in [4.78, 5) is 53.6. The van der Waals surface area contributed by atoms with Crippen LogP contribution in [0.4, 0.5) is 0 Å². The lowest BCUT2D eigenvalue weighted by molar-refractivity contribution is -0.160. The summed E-state index contributed by atoms with van der Waals surface area (Å²) in [5.41, 5.74) is 0. The third-order valence-corrected chi connectivity index (χ3v) is 12.5. The number of carbonyl (C=O) groups excluding carboxylic acids is 4. The highest BCUT2D eigenvalue weighted by atomic mass is 16.6. The normalized spacial score (nSPS) is 12.9. The van der Waals surface area contributed by atoms with Crippen LogP contribution in [0.1, 0.15) is 259 Å². The molecular weight excluding hydrogens is 807 g/mol. The lowest BCUT2D eigenvalue weighted by Crippen LogP contribution is -2.37. The maximum Gasteiger partial charge on any atom is 0.308 e. The number of carbonyl (C=O) groups is 4. The van der Waals surface area contributed by atoms with Crippen molar-refractivity contribution in [2.24, 2.45) is 11.8 Å². The number of nitrogens with zero attached hydrogens (tertiary/aromatic N) is 1. The van der Waals surface area contributed by atoms with E-state index < -0.39 is 6.10 Å². The van der Waals surface area contributed by atoms with Gasteiger partial charge in [-0.05, 0) is 77.8 Å². The van der Waals surface area contributed by atoms with E-state index in [4.69, 9.17) is 18.9 Å². The molecule has 0 amide bonds. The highest BCUT2D eigenvalue weighted by molar-refractivity contribution is 5.73. The summed E-state index contributed by atoms with van der Waals surface area (Å²) in [6.07, 6.45) is 35.6. The van der Waals surface area contributed by atoms with E-state index in [-0.39, 0.29) is 55.3 Å². The van der Waals surface area contributed by atoms with E-state index in [0.29, 0.717) is 45.4 Å². The van der Waals surface area contributed by atoms with Gasteiger partial charge in [0.05, 0.1) is 25.0 Å². The van der Waals surface area contributed by atoms with E-state index >= 15 is 0 Å². The van der Waals surface area contributed by atoms with Crippen LogP contribution in [0.2, 0.25) is 0 Å². The van der Waals surface area contributed by atoms with Crippen LogP contribution in [0.5, 0.6) is 0 Å². The van der Waals surface area contributed by atoms with Gasteiger partial charge < -0.3 is 29.0 Å². The molecular formula is C54H103NO9. The van der Waals surface area contributed by atoms with E-state index in [0.717, 1.165) is 103 Å². The molecule has 3 atom stereocenters. The predicted octanol–water partition coefficient (Wildman–Crippen LogP) is 13.8. The first kappa shape index (κ1) is 61.8. The second kappa shape index (κ2) is 47.3. The van der Waals surface area contributed by atoms with Gasteiger partial charge in [0.25, 0.3) is 0 Å². The molecule has 0 saturated carbocycles. The van der Waals surface area contributed by atoms with Crippen molar-refractivity contribution in [1.29, 1.82) is 0 Å². The fourth-order valence-corrected chi connectivity index (χ4v) is 8.33. The standard InChI is InChI=1S/C54H103NO9/c1-6-10-14-18-20-28-38-48(36-26-16-12-8-3)53(59)61-44-34-24-22-30-40-51(57)63-47-50(46-55(5)42-32-33-43-56)64-52(58)41-31-23-25-35-45-62-54(60)49(37-27-17-13-9-4)39-29-21-19-15-11-7-2/h48-50,56H,6-47H2,1-5H3. The van der Waals surface area contributed by atoms with Crippen LogP contribution >= 0.6 is 0 Å². The van der Waals surface area contributed by atoms with E-state index in [1.54, 1.807) is 0 Å². The summed E-state index contributed by atoms with van der Waals surface area (Å²) in [5, 5.41) is 9.20. The minimum absolute atomic E-state index is 0.00698. The van der Waals surface area contributed by atoms with Crippen molar-refractivity contribution in [2.45, 2.75) is 265 Å². The molecule has 1 N–H and O–H groups in total. The zero-order valence-electron chi connectivity index (χ0n) is 42.6. The molecule has 0 heterocycles. The van der Waals surface area contributed by atoms with Crippen molar-refractivity contribution in [2.75, 3.05) is 46.6 Å². The molecule has 0 aliphatic heterocycles. The summed E-state index contributed by atoms with van der Waals surface area (Å²) in [5.74, 6) is -0.655. The minimum Gasteiger partial charge on any atom is -0.465 e. The first-order chi connectivity index (χ1) is 31.2. The average molecular weight is 910 g/mol. The Morgan fingerprint density at radius 1 is 0.438 bits per heavy atom. The summed E-state index contributed by atoms with van der Waals surface area (Å²) >= 11 is 0. The summed E-state index contributed by atoms with van der Waals surface area (Å²) in [6.45, 7) is 11.0. The highest BCUT2D eigenvalue weighted by Gasteiger charge is 2.22. The molecule has 0 spiro atoms. The molecule has 0 saturated heterocycles. The number of likely N-dealkylation sites (N-methyl/N-ethyl adjacent to an activating group) is 1. The van der Waals surface area contributed by atoms with Gasteiger partial charge in [0, 0.05) is 26.0 Å². The molecule has 0 bridgehead atoms. The van der Waals surface area contributed by atoms with E-state index in [1.807, 2.05) is 11.9 Å². The Hall–Kier alpha value is -2.20. The van der Waals surface area contributed by atoms with Gasteiger partial charge in [-0.2, -0.15) is 0 Å². The Labute approximate surface area is 394 Å². The number of unbranched alkanes of at least 4 members (excludes halogenated alkanes) is 23. The van der Waals surface area contributed by atoms with Gasteiger partial charge in [-0.1, -0.05) is 182 Å². The topological polar surface area (TPSA) is 129 Å². The van der Waals surface area contributed by atoms with E-state index in [2.05, 4.69) is 27.7 Å². The van der Waals surface area contributed by atoms with Crippen molar-refractivity contribution in [3.8, 4) is 0 Å². The zero-order valence-corrected chi connectivity index (χ0v) is 42.6. The minimum atomic E-state index is -0.576. The fraction of sp³-hybridized carbons (Fsp3) is 0.926. The SMILES string of the molecule is CCCCCCCCC(CCCCCC)C(=O)OCCCCCCC(=O)OCC(CN(C)CCCCO)OC(=O)CCCCCCOC(=O)C(CCCCCC)CCCCCCCC. The lowest BCUT2D eigenvalue weighted by atomic mass is 9.94. The van der Waals surface area contributed by atoms with Crippen LogP contribution in [-0.4, -0.2) is 86.6 Å². The third kappa shape index (κ3) is 40.1. The van der Waals surface area contributed by atoms with Crippen LogP contribution in [0.15, 0.2) is 0 Å². The average Bonchev–Trinajstić information content (AvgIpc) is 3.28. The Morgan fingerprint density at radius 2 is 0.812 bits per heavy atom. The quantitative estimate of drug-likeness (QED) is 0.0358. The molecule has 0 aromatic rings. The maximum atomic E-state index is 13.0. The molecule has 64 heavy (non-hydrogen) atoms. The van der Waals surface area contributed by atoms with Gasteiger partial charge in [0.15, 0.2) is 0 Å². The number of rotatable bonds is 49. The Bertz CT molecular complexity index is 1070. The molecule has 378 valence electrons. The second-order valence-electron chi connectivity index (χ2n) is 18.9. The summed E-state index contributed by atoms with van der Waals surface area (Å²) < 4.78 is 22.9. The van der Waals surface area contributed by atoms with Gasteiger partial charge in [-0.25, -0.2) is 0 Å². The molecule has 10 nitrogen and oxygen atoms in total. The number of aliphatic hydroxyl groups excluding tert-OH is 1. The predicted molar refractivity (Wildman–Crippen MR) is 263 cm³/mol. The number of esters is 4. The molecule has 0 rings (SSSR count). The van der Waals surface area contributed by atoms with E-state index in [1.165, 1.54) is 103 Å². The molecule has 0 aromatic heterocycles. The monoisotopic (exact) mass is 910 g/mol. The molecule has 3 unspecified atom stereocenters. The molecule has 0 radical (unpaired) electrons. The number of ether oxygens (including phenoxy) is 4. The number of hydrogen-bond donors (Lipinski definition) is 1. The fourth-order valence-electron chi connectivity index (χ4n) is 8.33. The molecule has 0 aliphatic carbocycles. The Kier molecular flexibility index (Phi) is 45.7. The molecule has 0 fully saturated rings. The number of aliphatic hydroxyl groups is 1. The second-order valence-corrected chi connectivity index (χ2v) is 18.9. The van der Waals surface area contributed by atoms with E-state index in [9.17, 15) is 24.3 Å². The van der Waals surface area contributed by atoms with Crippen molar-refractivity contribution in [3.63, 3.8) is 0 Å². The first-order valence-corrected chi connectivity index (χ1v) is 27.2. The van der Waals surface area contributed by atoms with Crippen LogP contribution in [-0.2, 0) is 38.1 Å². The first-order valence-electron chi connectivity index (χ1n) is 27.2. The van der Waals surface area contributed by atoms with Gasteiger partial charge in [0.2, 0.25) is 0 Å². The maximum absolute atomic E-state index is 13.0. The van der Waals surface area contributed by atoms with Crippen LogP contribution in [0, 0.1) is 11.8 Å². The van der Waals surface area contributed by atoms with Crippen molar-refractivity contribution in [3.05, 3.63) is 0 Å². The zero-order chi connectivity index (χ0) is 47.1. The lowest BCUT2D eigenvalue weighted by Gasteiger charge is -2.24. The summed E-state index contributed by atoms with van der Waals surface area (Å²) in [6, 6.07) is 0. The molecule has 0 aliphatic rings. The Morgan fingerprint density at radius 3 is 1.25 bits per heavy atom. The van der Waals surface area contributed by atoms with Crippen LogP contribution in [0.3, 0.4) is 0 Å². The largest absolute Gasteiger partial charge is 0.465 e. The van der Waals surface area contributed by atoms with Crippen LogP contribution in [0.25, 0.3) is 0 Å². The molecule has 10 heteroatoms. The van der Waals surface area contributed by atoms with Crippen LogP contribution < -0.4 is 0 Å². The highest BCUT2D eigenvalue weighted by Crippen LogP contribution is 2.22. The van der Waals surface area contributed by atoms with Crippen molar-refractivity contribution < 1.29 is 43.2 Å². The third-order valence-electron chi connectivity index (χ3n) is 12.5. The van der Waals surface area contributed by atoms with Gasteiger partial charge in [-0.15, -0.1) is 0 Å². The number of hydrogen-bond acceptors (Lipinski definition) is 10. The molecule has 0 aromatic carbocycles. The van der Waals surface area contributed by atoms with Gasteiger partial charge in [0.1, 0.15) is 12.7 Å². The van der Waals surface area contributed by atoms with Crippen molar-refractivity contribution >= 4 is 23.9 Å². The van der Waals surface area contributed by atoms with Crippen molar-refractivity contribution in [1.82, 2.24) is 4.90 Å².